The predicted octanol–water partition coefficient (Wildman–Crippen LogP) is 4.67. The fraction of sp³-hybridized carbons (Fsp3) is 0.190. The zero-order chi connectivity index (χ0) is 20.5. The molecule has 1 N–H and O–H groups in total. The maximum atomic E-state index is 14.3. The molecule has 0 spiro atoms. The van der Waals surface area contributed by atoms with Gasteiger partial charge in [-0.15, -0.1) is 23.1 Å². The van der Waals surface area contributed by atoms with E-state index in [4.69, 9.17) is 0 Å². The Morgan fingerprint density at radius 2 is 2.07 bits per heavy atom. The van der Waals surface area contributed by atoms with Crippen LogP contribution in [-0.2, 0) is 17.8 Å². The summed E-state index contributed by atoms with van der Waals surface area (Å²) >= 11 is 2.78. The molecule has 8 heteroatoms. The van der Waals surface area contributed by atoms with Crippen molar-refractivity contribution in [2.45, 2.75) is 24.8 Å². The van der Waals surface area contributed by atoms with E-state index in [1.807, 2.05) is 31.4 Å². The van der Waals surface area contributed by atoms with E-state index in [0.717, 1.165) is 4.90 Å². The number of amides is 1. The Balaban J connectivity index is 1.74. The van der Waals surface area contributed by atoms with Gasteiger partial charge in [0.15, 0.2) is 0 Å². The van der Waals surface area contributed by atoms with Gasteiger partial charge in [-0.05, 0) is 36.6 Å². The van der Waals surface area contributed by atoms with Crippen LogP contribution in [0.1, 0.15) is 12.7 Å². The molecule has 0 aliphatic carbocycles. The summed E-state index contributed by atoms with van der Waals surface area (Å²) in [5.74, 6) is -0.251. The fourth-order valence-corrected chi connectivity index (χ4v) is 4.81. The highest BCUT2D eigenvalue weighted by molar-refractivity contribution is 7.98. The molecule has 2 aromatic carbocycles. The number of nitrogens with one attached hydrogen (secondary N) is 1. The molecule has 0 radical (unpaired) electrons. The van der Waals surface area contributed by atoms with Gasteiger partial charge in [0.25, 0.3) is 5.56 Å². The van der Waals surface area contributed by atoms with Crippen LogP contribution < -0.4 is 10.9 Å². The van der Waals surface area contributed by atoms with E-state index in [1.165, 1.54) is 22.0 Å². The third kappa shape index (κ3) is 3.65. The molecule has 2 heterocycles. The van der Waals surface area contributed by atoms with Crippen LogP contribution in [0.4, 0.5) is 10.1 Å². The van der Waals surface area contributed by atoms with Gasteiger partial charge in [-0.1, -0.05) is 19.1 Å². The number of thiophene rings is 1. The van der Waals surface area contributed by atoms with Crippen LogP contribution >= 0.6 is 23.1 Å². The molecule has 0 saturated carbocycles. The topological polar surface area (TPSA) is 64.0 Å². The Labute approximate surface area is 174 Å². The number of fused-ring (bicyclic) bond motifs is 3. The highest BCUT2D eigenvalue weighted by Crippen LogP contribution is 2.32. The number of thioether (sulfide) groups is 1. The van der Waals surface area contributed by atoms with Crippen molar-refractivity contribution < 1.29 is 9.18 Å². The van der Waals surface area contributed by atoms with Gasteiger partial charge >= 0.3 is 0 Å². The number of nitrogens with zero attached hydrogens (tertiary/aromatic N) is 2. The largest absolute Gasteiger partial charge is 0.324 e. The summed E-state index contributed by atoms with van der Waals surface area (Å²) < 4.78 is 16.7. The second-order valence-electron chi connectivity index (χ2n) is 6.45. The van der Waals surface area contributed by atoms with Gasteiger partial charge in [-0.25, -0.2) is 9.37 Å². The Morgan fingerprint density at radius 3 is 2.83 bits per heavy atom. The lowest BCUT2D eigenvalue weighted by molar-refractivity contribution is -0.116. The van der Waals surface area contributed by atoms with Gasteiger partial charge in [0.1, 0.15) is 22.9 Å². The molecule has 0 fully saturated rings. The molecule has 0 aliphatic heterocycles. The second-order valence-corrected chi connectivity index (χ2v) is 8.38. The van der Waals surface area contributed by atoms with E-state index in [-0.39, 0.29) is 18.0 Å². The minimum Gasteiger partial charge on any atom is -0.324 e. The van der Waals surface area contributed by atoms with Crippen LogP contribution in [0, 0.1) is 5.82 Å². The van der Waals surface area contributed by atoms with Gasteiger partial charge in [0, 0.05) is 21.7 Å². The Bertz CT molecular complexity index is 1300. The smallest absolute Gasteiger partial charge is 0.272 e. The first-order valence-corrected chi connectivity index (χ1v) is 11.1. The predicted molar refractivity (Wildman–Crippen MR) is 118 cm³/mol. The number of hydrogen-bond donors (Lipinski definition) is 1. The van der Waals surface area contributed by atoms with Gasteiger partial charge in [0.2, 0.25) is 5.91 Å². The van der Waals surface area contributed by atoms with E-state index < -0.39 is 5.82 Å². The molecular weight excluding hydrogens is 409 g/mol. The van der Waals surface area contributed by atoms with Crippen molar-refractivity contribution in [3.8, 4) is 0 Å². The zero-order valence-corrected chi connectivity index (χ0v) is 17.5. The van der Waals surface area contributed by atoms with Crippen LogP contribution in [0.5, 0.6) is 0 Å². The number of rotatable bonds is 5. The number of benzene rings is 2. The maximum absolute atomic E-state index is 14.3. The normalized spacial score (nSPS) is 11.3. The molecule has 148 valence electrons. The van der Waals surface area contributed by atoms with Crippen molar-refractivity contribution in [2.24, 2.45) is 0 Å². The average molecular weight is 428 g/mol. The lowest BCUT2D eigenvalue weighted by Crippen LogP contribution is -2.30. The van der Waals surface area contributed by atoms with Crippen molar-refractivity contribution >= 4 is 55.0 Å². The second kappa shape index (κ2) is 7.96. The SMILES string of the molecule is CCc1nc2c(sc3cccc(F)c32)c(=O)n1CC(=O)Nc1cccc(SC)c1. The Hall–Kier alpha value is -2.71. The first-order chi connectivity index (χ1) is 14.0. The number of carbonyl (C=O) groups excluding carboxylic acids is 1. The van der Waals surface area contributed by atoms with Crippen LogP contribution in [0.2, 0.25) is 0 Å². The van der Waals surface area contributed by atoms with Gasteiger partial charge in [0.05, 0.1) is 10.9 Å². The van der Waals surface area contributed by atoms with Crippen LogP contribution in [0.15, 0.2) is 52.2 Å². The molecule has 2 aromatic heterocycles. The molecule has 5 nitrogen and oxygen atoms in total. The lowest BCUT2D eigenvalue weighted by atomic mass is 10.2. The Kier molecular flexibility index (Phi) is 5.38. The lowest BCUT2D eigenvalue weighted by Gasteiger charge is -2.12. The number of anilines is 1. The number of aromatic nitrogens is 2. The molecule has 4 rings (SSSR count). The van der Waals surface area contributed by atoms with Crippen LogP contribution in [-0.4, -0.2) is 21.7 Å². The fourth-order valence-electron chi connectivity index (χ4n) is 3.25. The summed E-state index contributed by atoms with van der Waals surface area (Å²) in [6.07, 6.45) is 2.41. The van der Waals surface area contributed by atoms with Gasteiger partial charge < -0.3 is 5.32 Å². The van der Waals surface area contributed by atoms with Crippen molar-refractivity contribution in [3.63, 3.8) is 0 Å². The van der Waals surface area contributed by atoms with Crippen molar-refractivity contribution in [3.05, 3.63) is 64.5 Å². The summed E-state index contributed by atoms with van der Waals surface area (Å²) in [6.45, 7) is 1.71. The minimum absolute atomic E-state index is 0.148. The van der Waals surface area contributed by atoms with Crippen LogP contribution in [0.25, 0.3) is 20.3 Å². The first kappa shape index (κ1) is 19.6. The highest BCUT2D eigenvalue weighted by Gasteiger charge is 2.19. The third-order valence-electron chi connectivity index (χ3n) is 4.60. The molecule has 0 saturated heterocycles. The molecule has 0 bridgehead atoms. The monoisotopic (exact) mass is 427 g/mol. The molecule has 1 amide bonds. The summed E-state index contributed by atoms with van der Waals surface area (Å²) in [5.41, 5.74) is 0.723. The molecule has 4 aromatic rings. The quantitative estimate of drug-likeness (QED) is 0.470. The van der Waals surface area contributed by atoms with E-state index in [9.17, 15) is 14.0 Å². The summed E-state index contributed by atoms with van der Waals surface area (Å²) in [5, 5.41) is 3.20. The molecule has 0 aliphatic rings. The number of halogens is 1. The molecule has 0 atom stereocenters. The minimum atomic E-state index is -0.396. The number of aryl methyl sites for hydroxylation is 1. The third-order valence-corrected chi connectivity index (χ3v) is 6.46. The number of carbonyl (C=O) groups is 1. The maximum Gasteiger partial charge on any atom is 0.272 e. The van der Waals surface area contributed by atoms with E-state index in [2.05, 4.69) is 10.3 Å². The summed E-state index contributed by atoms with van der Waals surface area (Å²) in [6, 6.07) is 12.3. The standard InChI is InChI=1S/C21H18FN3O2S2/c1-3-16-24-19-18-14(22)8-5-9-15(18)29-20(19)21(27)25(16)11-17(26)23-12-6-4-7-13(10-12)28-2/h4-10H,3,11H2,1-2H3,(H,23,26). The van der Waals surface area contributed by atoms with Crippen molar-refractivity contribution in [2.75, 3.05) is 11.6 Å². The van der Waals surface area contributed by atoms with E-state index in [0.29, 0.717) is 38.2 Å². The zero-order valence-electron chi connectivity index (χ0n) is 15.9. The summed E-state index contributed by atoms with van der Waals surface area (Å²) in [7, 11) is 0. The average Bonchev–Trinajstić information content (AvgIpc) is 3.10. The van der Waals surface area contributed by atoms with Crippen molar-refractivity contribution in [1.29, 1.82) is 0 Å². The van der Waals surface area contributed by atoms with E-state index >= 15 is 0 Å². The van der Waals surface area contributed by atoms with E-state index in [1.54, 1.807) is 30.0 Å². The molecule has 0 unspecified atom stereocenters. The van der Waals surface area contributed by atoms with Gasteiger partial charge in [-0.2, -0.15) is 0 Å². The van der Waals surface area contributed by atoms with Gasteiger partial charge in [-0.3, -0.25) is 14.2 Å². The number of hydrogen-bond acceptors (Lipinski definition) is 5. The van der Waals surface area contributed by atoms with Crippen molar-refractivity contribution in [1.82, 2.24) is 9.55 Å². The molecular formula is C21H18FN3O2S2. The van der Waals surface area contributed by atoms with Crippen LogP contribution in [0.3, 0.4) is 0 Å². The Morgan fingerprint density at radius 1 is 1.28 bits per heavy atom. The highest BCUT2D eigenvalue weighted by atomic mass is 32.2. The molecule has 29 heavy (non-hydrogen) atoms. The summed E-state index contributed by atoms with van der Waals surface area (Å²) in [4.78, 5) is 31.3. The first-order valence-electron chi connectivity index (χ1n) is 9.06.